The van der Waals surface area contributed by atoms with Crippen LogP contribution in [0, 0.1) is 12.5 Å². The first-order chi connectivity index (χ1) is 19.8. The minimum Gasteiger partial charge on any atom is -0.370 e. The van der Waals surface area contributed by atoms with Crippen molar-refractivity contribution < 1.29 is 13.6 Å². The number of carbonyl (C=O) groups is 1. The molecular formula is C27H31ClF2N10O. The topological polar surface area (TPSA) is 98.3 Å². The van der Waals surface area contributed by atoms with E-state index in [0.29, 0.717) is 43.1 Å². The maximum atomic E-state index is 14.0. The predicted octanol–water partition coefficient (Wildman–Crippen LogP) is 4.57. The highest BCUT2D eigenvalue weighted by Crippen LogP contribution is 2.40. The Balaban J connectivity index is 1.24. The van der Waals surface area contributed by atoms with E-state index in [9.17, 15) is 13.6 Å². The summed E-state index contributed by atoms with van der Waals surface area (Å²) in [5.41, 5.74) is 0.927. The van der Waals surface area contributed by atoms with E-state index in [1.807, 2.05) is 9.80 Å². The second-order valence-electron chi connectivity index (χ2n) is 10.9. The van der Waals surface area contributed by atoms with Gasteiger partial charge in [-0.05, 0) is 44.9 Å². The largest absolute Gasteiger partial charge is 0.370 e. The van der Waals surface area contributed by atoms with Crippen LogP contribution >= 0.6 is 11.6 Å². The molecule has 1 saturated carbocycles. The fourth-order valence-corrected chi connectivity index (χ4v) is 5.64. The maximum Gasteiger partial charge on any atom is 0.275 e. The van der Waals surface area contributed by atoms with Crippen molar-refractivity contribution in [3.8, 4) is 0 Å². The van der Waals surface area contributed by atoms with Crippen LogP contribution in [0.15, 0.2) is 18.3 Å². The SMILES string of the molecule is [C-]#[N+]c1cnc2c(NC3CC3)nc(Nc3cc(C(F)F)cc(N4CCC(C(=O)N5CCN(C)CC5)CC4)c3Cl)nn12. The van der Waals surface area contributed by atoms with Gasteiger partial charge in [-0.15, -0.1) is 4.52 Å². The van der Waals surface area contributed by atoms with Crippen molar-refractivity contribution in [3.05, 3.63) is 40.3 Å². The number of hydrogen-bond donors (Lipinski definition) is 2. The summed E-state index contributed by atoms with van der Waals surface area (Å²) < 4.78 is 29.4. The summed E-state index contributed by atoms with van der Waals surface area (Å²) in [4.78, 5) is 31.5. The second kappa shape index (κ2) is 11.3. The number of nitrogens with zero attached hydrogens (tertiary/aromatic N) is 8. The molecule has 0 spiro atoms. The fourth-order valence-electron chi connectivity index (χ4n) is 5.37. The van der Waals surface area contributed by atoms with Crippen LogP contribution in [0.5, 0.6) is 0 Å². The van der Waals surface area contributed by atoms with Crippen molar-refractivity contribution in [2.24, 2.45) is 5.92 Å². The molecule has 1 amide bonds. The average Bonchev–Trinajstić information content (AvgIpc) is 3.69. The van der Waals surface area contributed by atoms with Crippen LogP contribution < -0.4 is 15.5 Å². The Morgan fingerprint density at radius 3 is 2.51 bits per heavy atom. The lowest BCUT2D eigenvalue weighted by Gasteiger charge is -2.38. The number of fused-ring (bicyclic) bond motifs is 1. The first kappa shape index (κ1) is 27.4. The van der Waals surface area contributed by atoms with Gasteiger partial charge in [0.2, 0.25) is 5.91 Å². The molecule has 41 heavy (non-hydrogen) atoms. The fraction of sp³-hybridized carbons (Fsp3) is 0.519. The van der Waals surface area contributed by atoms with Gasteiger partial charge in [-0.3, -0.25) is 4.79 Å². The Morgan fingerprint density at radius 2 is 1.85 bits per heavy atom. The summed E-state index contributed by atoms with van der Waals surface area (Å²) in [5.74, 6) is 0.835. The van der Waals surface area contributed by atoms with Crippen LogP contribution in [-0.2, 0) is 4.79 Å². The Labute approximate surface area is 241 Å². The van der Waals surface area contributed by atoms with Crippen LogP contribution in [0.2, 0.25) is 5.02 Å². The molecule has 216 valence electrons. The minimum atomic E-state index is -2.72. The third-order valence-electron chi connectivity index (χ3n) is 7.95. The standard InChI is InChI=1S/C27H31ClF2N10O/c1-31-21-15-32-25-24(33-18-3-4-18)35-27(36-40(21)25)34-19-13-17(23(29)30)14-20(22(19)28)38-7-5-16(6-8-38)26(41)39-11-9-37(2)10-12-39/h13-16,18,23H,3-12H2,2H3,(H2,33,34,35,36). The average molecular weight is 585 g/mol. The summed E-state index contributed by atoms with van der Waals surface area (Å²) in [5, 5.41) is 11.0. The molecule has 1 aromatic carbocycles. The number of benzene rings is 1. The zero-order valence-electron chi connectivity index (χ0n) is 22.7. The highest BCUT2D eigenvalue weighted by molar-refractivity contribution is 6.36. The third-order valence-corrected chi connectivity index (χ3v) is 8.35. The number of hydrogen-bond acceptors (Lipinski definition) is 8. The van der Waals surface area contributed by atoms with Crippen LogP contribution in [0.3, 0.4) is 0 Å². The zero-order chi connectivity index (χ0) is 28.7. The zero-order valence-corrected chi connectivity index (χ0v) is 23.4. The van der Waals surface area contributed by atoms with E-state index < -0.39 is 6.43 Å². The van der Waals surface area contributed by atoms with Crippen LogP contribution in [0.1, 0.15) is 37.7 Å². The number of carbonyl (C=O) groups excluding carboxylic acids is 1. The van der Waals surface area contributed by atoms with E-state index in [0.717, 1.165) is 39.0 Å². The maximum absolute atomic E-state index is 14.0. The van der Waals surface area contributed by atoms with Gasteiger partial charge in [0.1, 0.15) is 0 Å². The number of likely N-dealkylation sites (N-methyl/N-ethyl adjacent to an activating group) is 1. The second-order valence-corrected chi connectivity index (χ2v) is 11.3. The minimum absolute atomic E-state index is 0.0892. The van der Waals surface area contributed by atoms with Crippen LogP contribution in [0.25, 0.3) is 10.5 Å². The molecule has 3 fully saturated rings. The number of rotatable bonds is 7. The van der Waals surface area contributed by atoms with Crippen molar-refractivity contribution in [1.82, 2.24) is 29.4 Å². The molecule has 6 rings (SSSR count). The number of imidazole rings is 1. The molecule has 2 aromatic heterocycles. The molecule has 2 N–H and O–H groups in total. The lowest BCUT2D eigenvalue weighted by atomic mass is 9.94. The molecule has 4 heterocycles. The van der Waals surface area contributed by atoms with Crippen LogP contribution in [-0.4, -0.2) is 87.6 Å². The summed E-state index contributed by atoms with van der Waals surface area (Å²) in [6, 6.07) is 2.97. The molecular weight excluding hydrogens is 554 g/mol. The number of piperazine rings is 1. The van der Waals surface area contributed by atoms with Crippen LogP contribution in [0.4, 0.5) is 37.7 Å². The number of piperidine rings is 1. The van der Waals surface area contributed by atoms with Gasteiger partial charge < -0.3 is 30.2 Å². The first-order valence-electron chi connectivity index (χ1n) is 13.8. The lowest BCUT2D eigenvalue weighted by Crippen LogP contribution is -2.50. The van der Waals surface area contributed by atoms with E-state index in [2.05, 4.69) is 42.5 Å². The van der Waals surface area contributed by atoms with E-state index >= 15 is 0 Å². The molecule has 14 heteroatoms. The van der Waals surface area contributed by atoms with Crippen molar-refractivity contribution in [3.63, 3.8) is 0 Å². The number of anilines is 4. The van der Waals surface area contributed by atoms with Gasteiger partial charge in [0, 0.05) is 56.8 Å². The Bertz CT molecular complexity index is 1490. The molecule has 0 radical (unpaired) electrons. The normalized spacial score (nSPS) is 18.6. The molecule has 3 aliphatic rings. The van der Waals surface area contributed by atoms with Crippen molar-refractivity contribution in [2.75, 3.05) is 61.8 Å². The molecule has 11 nitrogen and oxygen atoms in total. The molecule has 0 atom stereocenters. The van der Waals surface area contributed by atoms with Gasteiger partial charge in [-0.1, -0.05) is 23.3 Å². The molecule has 1 aliphatic carbocycles. The highest BCUT2D eigenvalue weighted by atomic mass is 35.5. The summed E-state index contributed by atoms with van der Waals surface area (Å²) in [6.07, 6.45) is 1.94. The van der Waals surface area contributed by atoms with Crippen molar-refractivity contribution in [1.29, 1.82) is 0 Å². The molecule has 3 aromatic rings. The summed E-state index contributed by atoms with van der Waals surface area (Å²) in [6.45, 7) is 11.7. The smallest absolute Gasteiger partial charge is 0.275 e. The highest BCUT2D eigenvalue weighted by Gasteiger charge is 2.32. The number of aromatic nitrogens is 4. The van der Waals surface area contributed by atoms with Gasteiger partial charge in [-0.25, -0.2) is 13.8 Å². The Kier molecular flexibility index (Phi) is 7.52. The molecule has 0 bridgehead atoms. The van der Waals surface area contributed by atoms with Gasteiger partial charge in [0.25, 0.3) is 23.8 Å². The van der Waals surface area contributed by atoms with Gasteiger partial charge in [0.15, 0.2) is 5.82 Å². The number of amides is 1. The van der Waals surface area contributed by atoms with E-state index in [4.69, 9.17) is 18.2 Å². The van der Waals surface area contributed by atoms with Crippen molar-refractivity contribution >= 4 is 52.1 Å². The first-order valence-corrected chi connectivity index (χ1v) is 14.2. The summed E-state index contributed by atoms with van der Waals surface area (Å²) >= 11 is 6.83. The van der Waals surface area contributed by atoms with E-state index in [1.54, 1.807) is 0 Å². The van der Waals surface area contributed by atoms with E-state index in [-0.39, 0.29) is 45.9 Å². The van der Waals surface area contributed by atoms with E-state index in [1.165, 1.54) is 22.8 Å². The predicted molar refractivity (Wildman–Crippen MR) is 152 cm³/mol. The number of alkyl halides is 2. The Hall–Kier alpha value is -3.76. The number of halogens is 3. The van der Waals surface area contributed by atoms with Gasteiger partial charge in [0.05, 0.1) is 22.6 Å². The lowest BCUT2D eigenvalue weighted by molar-refractivity contribution is -0.137. The van der Waals surface area contributed by atoms with Gasteiger partial charge in [-0.2, -0.15) is 4.98 Å². The quantitative estimate of drug-likeness (QED) is 0.390. The Morgan fingerprint density at radius 1 is 1.12 bits per heavy atom. The third kappa shape index (κ3) is 5.71. The monoisotopic (exact) mass is 584 g/mol. The van der Waals surface area contributed by atoms with Crippen molar-refractivity contribution in [2.45, 2.75) is 38.2 Å². The van der Waals surface area contributed by atoms with Gasteiger partial charge >= 0.3 is 0 Å². The molecule has 2 saturated heterocycles. The number of nitrogens with one attached hydrogen (secondary N) is 2. The molecule has 0 unspecified atom stereocenters. The molecule has 2 aliphatic heterocycles. The summed E-state index contributed by atoms with van der Waals surface area (Å²) in [7, 11) is 2.05.